The van der Waals surface area contributed by atoms with E-state index >= 15 is 0 Å². The van der Waals surface area contributed by atoms with E-state index in [1.54, 1.807) is 6.08 Å². The Bertz CT molecular complexity index is 656. The number of pyridine rings is 1. The van der Waals surface area contributed by atoms with Gasteiger partial charge in [-0.2, -0.15) is 13.2 Å². The molecule has 0 radical (unpaired) electrons. The van der Waals surface area contributed by atoms with E-state index in [0.29, 0.717) is 19.1 Å². The van der Waals surface area contributed by atoms with Crippen molar-refractivity contribution in [1.82, 2.24) is 10.3 Å². The number of carbonyl (C=O) groups excluding carboxylic acids is 1. The van der Waals surface area contributed by atoms with Gasteiger partial charge in [-0.1, -0.05) is 57.4 Å². The van der Waals surface area contributed by atoms with Crippen molar-refractivity contribution >= 4 is 5.91 Å². The quantitative estimate of drug-likeness (QED) is 0.257. The molecule has 1 N–H and O–H groups in total. The summed E-state index contributed by atoms with van der Waals surface area (Å²) >= 11 is 0. The molecule has 0 saturated heterocycles. The third-order valence-electron chi connectivity index (χ3n) is 3.96. The maximum atomic E-state index is 12.6. The monoisotopic (exact) mass is 412 g/mol. The largest absolute Gasteiger partial charge is 0.478 e. The first kappa shape index (κ1) is 24.7. The van der Waals surface area contributed by atoms with Crippen molar-refractivity contribution in [3.63, 3.8) is 0 Å². The third kappa shape index (κ3) is 12.7. The molecule has 0 saturated carbocycles. The zero-order valence-corrected chi connectivity index (χ0v) is 17.2. The number of allylic oxidation sites excluding steroid dienone is 3. The minimum atomic E-state index is -4.45. The van der Waals surface area contributed by atoms with Gasteiger partial charge >= 0.3 is 6.18 Å². The Hall–Kier alpha value is -2.31. The summed E-state index contributed by atoms with van der Waals surface area (Å²) in [4.78, 5) is 14.9. The average Bonchev–Trinajstić information content (AvgIpc) is 2.66. The molecule has 29 heavy (non-hydrogen) atoms. The fourth-order valence-corrected chi connectivity index (χ4v) is 2.41. The van der Waals surface area contributed by atoms with Crippen molar-refractivity contribution < 1.29 is 22.7 Å². The Morgan fingerprint density at radius 3 is 2.59 bits per heavy atom. The Morgan fingerprint density at radius 2 is 1.86 bits per heavy atom. The van der Waals surface area contributed by atoms with E-state index < -0.39 is 11.9 Å². The first-order valence-corrected chi connectivity index (χ1v) is 10.1. The van der Waals surface area contributed by atoms with Crippen LogP contribution in [0.15, 0.2) is 42.5 Å². The van der Waals surface area contributed by atoms with Gasteiger partial charge in [0.1, 0.15) is 5.69 Å². The molecule has 0 aliphatic rings. The highest BCUT2D eigenvalue weighted by atomic mass is 19.4. The Morgan fingerprint density at radius 1 is 1.14 bits per heavy atom. The minimum Gasteiger partial charge on any atom is -0.478 e. The van der Waals surface area contributed by atoms with Crippen LogP contribution < -0.4 is 10.1 Å². The summed E-state index contributed by atoms with van der Waals surface area (Å²) in [6, 6.07) is 3.66. The molecule has 0 fully saturated rings. The number of ether oxygens (including phenoxy) is 1. The predicted molar refractivity (Wildman–Crippen MR) is 109 cm³/mol. The number of hydrogen-bond donors (Lipinski definition) is 1. The van der Waals surface area contributed by atoms with Gasteiger partial charge in [-0.15, -0.1) is 0 Å². The molecule has 0 unspecified atom stereocenters. The van der Waals surface area contributed by atoms with Crippen molar-refractivity contribution in [2.75, 3.05) is 13.2 Å². The van der Waals surface area contributed by atoms with Gasteiger partial charge in [0.25, 0.3) is 0 Å². The molecule has 0 aliphatic heterocycles. The van der Waals surface area contributed by atoms with Crippen LogP contribution in [0.5, 0.6) is 5.88 Å². The number of unbranched alkanes of at least 4 members (excludes halogenated alkanes) is 5. The molecule has 0 aliphatic carbocycles. The van der Waals surface area contributed by atoms with E-state index in [1.165, 1.54) is 18.2 Å². The minimum absolute atomic E-state index is 0.0101. The van der Waals surface area contributed by atoms with E-state index in [0.717, 1.165) is 44.6 Å². The molecule has 1 aromatic heterocycles. The maximum absolute atomic E-state index is 12.6. The van der Waals surface area contributed by atoms with Crippen LogP contribution in [-0.4, -0.2) is 24.0 Å². The highest BCUT2D eigenvalue weighted by Gasteiger charge is 2.32. The van der Waals surface area contributed by atoms with E-state index in [9.17, 15) is 18.0 Å². The van der Waals surface area contributed by atoms with Crippen LogP contribution >= 0.6 is 0 Å². The summed E-state index contributed by atoms with van der Waals surface area (Å²) in [5, 5.41) is 2.81. The molecule has 162 valence electrons. The highest BCUT2D eigenvalue weighted by Crippen LogP contribution is 2.28. The van der Waals surface area contributed by atoms with Gasteiger partial charge in [0, 0.05) is 18.7 Å². The van der Waals surface area contributed by atoms with E-state index in [4.69, 9.17) is 4.74 Å². The van der Waals surface area contributed by atoms with Crippen molar-refractivity contribution in [3.8, 4) is 5.88 Å². The lowest BCUT2D eigenvalue weighted by molar-refractivity contribution is -0.141. The second-order valence-electron chi connectivity index (χ2n) is 7.19. The van der Waals surface area contributed by atoms with Gasteiger partial charge in [-0.3, -0.25) is 4.79 Å². The topological polar surface area (TPSA) is 51.2 Å². The number of nitrogens with zero attached hydrogens (tertiary/aromatic N) is 1. The fourth-order valence-electron chi connectivity index (χ4n) is 2.41. The summed E-state index contributed by atoms with van der Waals surface area (Å²) in [7, 11) is 0. The average molecular weight is 412 g/mol. The molecule has 0 bridgehead atoms. The Balaban J connectivity index is 2.03. The van der Waals surface area contributed by atoms with Crippen LogP contribution in [0.25, 0.3) is 0 Å². The fraction of sp³-hybridized carbons (Fsp3) is 0.545. The van der Waals surface area contributed by atoms with E-state index in [1.807, 2.05) is 26.0 Å². The molecule has 1 amide bonds. The van der Waals surface area contributed by atoms with E-state index in [-0.39, 0.29) is 11.8 Å². The number of amides is 1. The molecule has 0 spiro atoms. The van der Waals surface area contributed by atoms with Crippen LogP contribution in [0.3, 0.4) is 0 Å². The second kappa shape index (κ2) is 13.8. The predicted octanol–water partition coefficient (Wildman–Crippen LogP) is 5.70. The van der Waals surface area contributed by atoms with Gasteiger partial charge in [0.15, 0.2) is 0 Å². The molecule has 0 atom stereocenters. The smallest absolute Gasteiger partial charge is 0.433 e. The van der Waals surface area contributed by atoms with Crippen LogP contribution in [0, 0.1) is 5.92 Å². The lowest BCUT2D eigenvalue weighted by Gasteiger charge is -2.09. The van der Waals surface area contributed by atoms with Crippen LogP contribution in [0.1, 0.15) is 58.1 Å². The van der Waals surface area contributed by atoms with Crippen molar-refractivity contribution in [1.29, 1.82) is 0 Å². The Kier molecular flexibility index (Phi) is 11.8. The maximum Gasteiger partial charge on any atom is 0.433 e. The molecule has 4 nitrogen and oxygen atoms in total. The number of alkyl halides is 3. The summed E-state index contributed by atoms with van der Waals surface area (Å²) < 4.78 is 43.0. The molecular weight excluding hydrogens is 381 g/mol. The van der Waals surface area contributed by atoms with Crippen LogP contribution in [-0.2, 0) is 11.0 Å². The van der Waals surface area contributed by atoms with Gasteiger partial charge in [0.2, 0.25) is 11.8 Å². The number of rotatable bonds is 13. The summed E-state index contributed by atoms with van der Waals surface area (Å²) in [6.45, 7) is 5.13. The molecule has 1 heterocycles. The number of hydrogen-bond acceptors (Lipinski definition) is 3. The number of aromatic nitrogens is 1. The molecular formula is C22H31F3N2O2. The summed E-state index contributed by atoms with van der Waals surface area (Å²) in [5.41, 5.74) is -0.936. The molecule has 0 aromatic carbocycles. The van der Waals surface area contributed by atoms with Crippen molar-refractivity contribution in [3.05, 3.63) is 48.2 Å². The zero-order valence-electron chi connectivity index (χ0n) is 17.2. The number of nitrogens with one attached hydrogen (secondary N) is 1. The molecule has 7 heteroatoms. The lowest BCUT2D eigenvalue weighted by atomic mass is 10.1. The normalized spacial score (nSPS) is 12.2. The van der Waals surface area contributed by atoms with E-state index in [2.05, 4.69) is 10.3 Å². The first-order chi connectivity index (χ1) is 13.8. The lowest BCUT2D eigenvalue weighted by Crippen LogP contribution is -2.25. The third-order valence-corrected chi connectivity index (χ3v) is 3.96. The van der Waals surface area contributed by atoms with Crippen molar-refractivity contribution in [2.45, 2.75) is 58.5 Å². The number of carbonyl (C=O) groups is 1. The van der Waals surface area contributed by atoms with Gasteiger partial charge < -0.3 is 10.1 Å². The standard InChI is InChI=1S/C22H31F3N2O2/c1-18(2)17-26-20(28)14-10-8-6-4-3-5-7-9-11-16-29-21-15-12-13-19(27-21)22(23,24)25/h6,8,10,12-15,18H,3-5,7,9,11,16-17H2,1-2H3,(H,26,28)/b8-6+,14-10+. The highest BCUT2D eigenvalue weighted by molar-refractivity contribution is 5.87. The van der Waals surface area contributed by atoms with Gasteiger partial charge in [0.05, 0.1) is 6.61 Å². The zero-order chi connectivity index (χ0) is 21.5. The summed E-state index contributed by atoms with van der Waals surface area (Å²) in [5.74, 6) is 0.369. The van der Waals surface area contributed by atoms with Gasteiger partial charge in [-0.05, 0) is 31.2 Å². The first-order valence-electron chi connectivity index (χ1n) is 10.1. The number of halogens is 3. The van der Waals surface area contributed by atoms with Crippen LogP contribution in [0.2, 0.25) is 0 Å². The SMILES string of the molecule is CC(C)CNC(=O)/C=C/C=C/CCCCCCCOc1cccc(C(F)(F)F)n1. The molecule has 1 rings (SSSR count). The van der Waals surface area contributed by atoms with Crippen molar-refractivity contribution in [2.24, 2.45) is 5.92 Å². The molecule has 1 aromatic rings. The Labute approximate surface area is 171 Å². The van der Waals surface area contributed by atoms with Gasteiger partial charge in [-0.25, -0.2) is 4.98 Å². The second-order valence-corrected chi connectivity index (χ2v) is 7.19. The summed E-state index contributed by atoms with van der Waals surface area (Å²) in [6.07, 6.45) is 8.59. The van der Waals surface area contributed by atoms with Crippen LogP contribution in [0.4, 0.5) is 13.2 Å².